The molecule has 0 aromatic heterocycles. The number of likely N-dealkylation sites (N-methyl/N-ethyl adjacent to an activating group) is 1. The first-order chi connectivity index (χ1) is 10.7. The van der Waals surface area contributed by atoms with Gasteiger partial charge in [-0.25, -0.2) is 4.79 Å². The molecule has 0 saturated carbocycles. The summed E-state index contributed by atoms with van der Waals surface area (Å²) in [5.74, 6) is -1.82. The van der Waals surface area contributed by atoms with Crippen LogP contribution in [0.25, 0.3) is 0 Å². The van der Waals surface area contributed by atoms with Crippen LogP contribution < -0.4 is 10.6 Å². The van der Waals surface area contributed by atoms with Crippen molar-refractivity contribution in [3.63, 3.8) is 0 Å². The maximum absolute atomic E-state index is 11.5. The lowest BCUT2D eigenvalue weighted by Crippen LogP contribution is -2.42. The Morgan fingerprint density at radius 2 is 1.78 bits per heavy atom. The predicted octanol–water partition coefficient (Wildman–Crippen LogP) is 1.08. The Hall–Kier alpha value is -1.35. The molecular formula is C14H26F3N3O3. The van der Waals surface area contributed by atoms with Gasteiger partial charge in [0.1, 0.15) is 0 Å². The number of nitrogens with zero attached hydrogens (tertiary/aromatic N) is 1. The van der Waals surface area contributed by atoms with Crippen LogP contribution in [0.5, 0.6) is 0 Å². The number of hydrogen-bond donors (Lipinski definition) is 3. The van der Waals surface area contributed by atoms with Gasteiger partial charge in [0.25, 0.3) is 0 Å². The minimum atomic E-state index is -5.08. The second-order valence-electron chi connectivity index (χ2n) is 5.24. The maximum atomic E-state index is 11.5. The van der Waals surface area contributed by atoms with Gasteiger partial charge >= 0.3 is 12.1 Å². The summed E-state index contributed by atoms with van der Waals surface area (Å²) in [5, 5.41) is 13.3. The van der Waals surface area contributed by atoms with Crippen molar-refractivity contribution >= 4 is 11.9 Å². The standard InChI is InChI=1S/C12H25N3O.C2HF3O2/c1-3-15(4-2)8-7-14-12(16)6-5-11-9-13-10-11;3-2(4,5)1(6)7/h11,13H,3-10H2,1-2H3,(H,14,16);(H,6,7). The Morgan fingerprint density at radius 3 is 2.13 bits per heavy atom. The van der Waals surface area contributed by atoms with Gasteiger partial charge in [-0.15, -0.1) is 0 Å². The van der Waals surface area contributed by atoms with E-state index in [1.54, 1.807) is 0 Å². The van der Waals surface area contributed by atoms with E-state index in [0.717, 1.165) is 51.6 Å². The van der Waals surface area contributed by atoms with Gasteiger partial charge in [-0.2, -0.15) is 13.2 Å². The molecule has 1 aliphatic rings. The molecule has 1 saturated heterocycles. The van der Waals surface area contributed by atoms with Gasteiger partial charge in [0.15, 0.2) is 0 Å². The number of carbonyl (C=O) groups is 2. The first kappa shape index (κ1) is 21.6. The van der Waals surface area contributed by atoms with Gasteiger partial charge in [-0.05, 0) is 38.5 Å². The Morgan fingerprint density at radius 1 is 1.26 bits per heavy atom. The molecule has 6 nitrogen and oxygen atoms in total. The molecule has 0 atom stereocenters. The highest BCUT2D eigenvalue weighted by atomic mass is 19.4. The number of carboxylic acids is 1. The highest BCUT2D eigenvalue weighted by molar-refractivity contribution is 5.75. The number of amides is 1. The van der Waals surface area contributed by atoms with E-state index in [9.17, 15) is 18.0 Å². The number of halogens is 3. The molecule has 23 heavy (non-hydrogen) atoms. The van der Waals surface area contributed by atoms with E-state index < -0.39 is 12.1 Å². The van der Waals surface area contributed by atoms with Gasteiger partial charge in [0.05, 0.1) is 0 Å². The van der Waals surface area contributed by atoms with Crippen LogP contribution in [-0.4, -0.2) is 67.3 Å². The summed E-state index contributed by atoms with van der Waals surface area (Å²) in [5.41, 5.74) is 0. The zero-order chi connectivity index (χ0) is 17.9. The number of alkyl halides is 3. The molecule has 9 heteroatoms. The average Bonchev–Trinajstić information content (AvgIpc) is 2.41. The van der Waals surface area contributed by atoms with Crippen LogP contribution in [-0.2, 0) is 9.59 Å². The number of carbonyl (C=O) groups excluding carboxylic acids is 1. The molecule has 3 N–H and O–H groups in total. The predicted molar refractivity (Wildman–Crippen MR) is 80.1 cm³/mol. The van der Waals surface area contributed by atoms with Gasteiger partial charge < -0.3 is 20.6 Å². The van der Waals surface area contributed by atoms with Gasteiger partial charge in [0, 0.05) is 19.5 Å². The molecule has 0 radical (unpaired) electrons. The third-order valence-electron chi connectivity index (χ3n) is 3.53. The number of nitrogens with one attached hydrogen (secondary N) is 2. The molecule has 0 unspecified atom stereocenters. The fourth-order valence-electron chi connectivity index (χ4n) is 1.87. The molecule has 1 aliphatic heterocycles. The highest BCUT2D eigenvalue weighted by Gasteiger charge is 2.38. The summed E-state index contributed by atoms with van der Waals surface area (Å²) in [6, 6.07) is 0. The zero-order valence-electron chi connectivity index (χ0n) is 13.6. The van der Waals surface area contributed by atoms with Crippen LogP contribution in [0.4, 0.5) is 13.2 Å². The fourth-order valence-corrected chi connectivity index (χ4v) is 1.87. The molecule has 1 rings (SSSR count). The molecule has 0 spiro atoms. The third kappa shape index (κ3) is 10.9. The third-order valence-corrected chi connectivity index (χ3v) is 3.53. The molecule has 0 aromatic rings. The lowest BCUT2D eigenvalue weighted by atomic mass is 9.97. The van der Waals surface area contributed by atoms with Crippen molar-refractivity contribution in [2.75, 3.05) is 39.3 Å². The minimum absolute atomic E-state index is 0.207. The van der Waals surface area contributed by atoms with Crippen LogP contribution >= 0.6 is 0 Å². The SMILES string of the molecule is CCN(CC)CCNC(=O)CCC1CNC1.O=C(O)C(F)(F)F. The van der Waals surface area contributed by atoms with Crippen molar-refractivity contribution in [2.45, 2.75) is 32.9 Å². The van der Waals surface area contributed by atoms with Gasteiger partial charge in [0.2, 0.25) is 5.91 Å². The van der Waals surface area contributed by atoms with E-state index in [1.165, 1.54) is 0 Å². The number of carboxylic acid groups (broad SMARTS) is 1. The molecule has 0 aliphatic carbocycles. The maximum Gasteiger partial charge on any atom is 0.490 e. The van der Waals surface area contributed by atoms with Crippen LogP contribution in [0.3, 0.4) is 0 Å². The second-order valence-corrected chi connectivity index (χ2v) is 5.24. The monoisotopic (exact) mass is 341 g/mol. The number of rotatable bonds is 8. The molecule has 1 fully saturated rings. The number of hydrogen-bond acceptors (Lipinski definition) is 4. The lowest BCUT2D eigenvalue weighted by Gasteiger charge is -2.26. The molecular weight excluding hydrogens is 315 g/mol. The van der Waals surface area contributed by atoms with Gasteiger partial charge in [-0.1, -0.05) is 13.8 Å². The molecule has 0 aromatic carbocycles. The van der Waals surface area contributed by atoms with Crippen LogP contribution in [0.15, 0.2) is 0 Å². The van der Waals surface area contributed by atoms with E-state index in [2.05, 4.69) is 29.4 Å². The van der Waals surface area contributed by atoms with E-state index in [4.69, 9.17) is 9.90 Å². The summed E-state index contributed by atoms with van der Waals surface area (Å²) >= 11 is 0. The second kappa shape index (κ2) is 11.2. The summed E-state index contributed by atoms with van der Waals surface area (Å²) in [4.78, 5) is 22.7. The zero-order valence-corrected chi connectivity index (χ0v) is 13.6. The van der Waals surface area contributed by atoms with E-state index in [0.29, 0.717) is 6.42 Å². The molecule has 0 bridgehead atoms. The smallest absolute Gasteiger partial charge is 0.475 e. The Balaban J connectivity index is 0.000000585. The first-order valence-electron chi connectivity index (χ1n) is 7.70. The number of aliphatic carboxylic acids is 1. The summed E-state index contributed by atoms with van der Waals surface area (Å²) in [7, 11) is 0. The van der Waals surface area contributed by atoms with Crippen molar-refractivity contribution in [3.05, 3.63) is 0 Å². The van der Waals surface area contributed by atoms with Crippen molar-refractivity contribution in [1.82, 2.24) is 15.5 Å². The summed E-state index contributed by atoms with van der Waals surface area (Å²) in [6.07, 6.45) is -3.37. The Labute approximate surface area is 134 Å². The van der Waals surface area contributed by atoms with Crippen LogP contribution in [0.1, 0.15) is 26.7 Å². The highest BCUT2D eigenvalue weighted by Crippen LogP contribution is 2.13. The quantitative estimate of drug-likeness (QED) is 0.615. The largest absolute Gasteiger partial charge is 0.490 e. The topological polar surface area (TPSA) is 81.7 Å². The fraction of sp³-hybridized carbons (Fsp3) is 0.857. The van der Waals surface area contributed by atoms with E-state index >= 15 is 0 Å². The average molecular weight is 341 g/mol. The van der Waals surface area contributed by atoms with E-state index in [1.807, 2.05) is 0 Å². The van der Waals surface area contributed by atoms with Crippen molar-refractivity contribution in [3.8, 4) is 0 Å². The first-order valence-corrected chi connectivity index (χ1v) is 7.70. The van der Waals surface area contributed by atoms with Gasteiger partial charge in [-0.3, -0.25) is 4.79 Å². The molecule has 136 valence electrons. The Kier molecular flexibility index (Phi) is 10.6. The van der Waals surface area contributed by atoms with E-state index in [-0.39, 0.29) is 5.91 Å². The van der Waals surface area contributed by atoms with Crippen molar-refractivity contribution in [2.24, 2.45) is 5.92 Å². The minimum Gasteiger partial charge on any atom is -0.475 e. The lowest BCUT2D eigenvalue weighted by molar-refractivity contribution is -0.192. The normalized spacial score (nSPS) is 14.7. The molecule has 1 amide bonds. The summed E-state index contributed by atoms with van der Waals surface area (Å²) in [6.45, 7) is 10.3. The van der Waals surface area contributed by atoms with Crippen LogP contribution in [0.2, 0.25) is 0 Å². The molecule has 1 heterocycles. The van der Waals surface area contributed by atoms with Crippen LogP contribution in [0, 0.1) is 5.92 Å². The van der Waals surface area contributed by atoms with Crippen molar-refractivity contribution in [1.29, 1.82) is 0 Å². The van der Waals surface area contributed by atoms with Crippen molar-refractivity contribution < 1.29 is 27.9 Å². The Bertz CT molecular complexity index is 357. The summed E-state index contributed by atoms with van der Waals surface area (Å²) < 4.78 is 31.7.